The van der Waals surface area contributed by atoms with E-state index in [4.69, 9.17) is 14.7 Å². The van der Waals surface area contributed by atoms with Crippen LogP contribution in [0.2, 0.25) is 0 Å². The highest BCUT2D eigenvalue weighted by atomic mass is 32.1. The third-order valence-corrected chi connectivity index (χ3v) is 5.64. The van der Waals surface area contributed by atoms with Gasteiger partial charge in [0.1, 0.15) is 0 Å². The van der Waals surface area contributed by atoms with Crippen LogP contribution >= 0.6 is 11.3 Å². The molecule has 0 spiro atoms. The summed E-state index contributed by atoms with van der Waals surface area (Å²) in [6.07, 6.45) is 2.06. The summed E-state index contributed by atoms with van der Waals surface area (Å²) in [4.78, 5) is 14.5. The minimum atomic E-state index is 0.772. The Balaban J connectivity index is 1.51. The van der Waals surface area contributed by atoms with E-state index in [1.54, 1.807) is 11.3 Å². The van der Waals surface area contributed by atoms with Crippen LogP contribution in [0.15, 0.2) is 16.8 Å². The second kappa shape index (κ2) is 7.17. The van der Waals surface area contributed by atoms with Gasteiger partial charge in [0.25, 0.3) is 0 Å². The Morgan fingerprint density at radius 2 is 1.96 bits per heavy atom. The van der Waals surface area contributed by atoms with Gasteiger partial charge in [0.2, 0.25) is 5.95 Å². The first-order chi connectivity index (χ1) is 11.8. The third-order valence-electron chi connectivity index (χ3n) is 4.91. The number of morpholine rings is 1. The molecule has 6 heteroatoms. The van der Waals surface area contributed by atoms with Crippen molar-refractivity contribution in [3.05, 3.63) is 39.3 Å². The fraction of sp³-hybridized carbons (Fsp3) is 0.556. The number of thiophene rings is 1. The van der Waals surface area contributed by atoms with Gasteiger partial charge in [-0.15, -0.1) is 0 Å². The van der Waals surface area contributed by atoms with Crippen LogP contribution in [0.1, 0.15) is 22.5 Å². The predicted molar refractivity (Wildman–Crippen MR) is 96.8 cm³/mol. The van der Waals surface area contributed by atoms with E-state index in [1.807, 2.05) is 0 Å². The molecule has 2 aliphatic rings. The summed E-state index contributed by atoms with van der Waals surface area (Å²) in [6.45, 7) is 8.66. The maximum atomic E-state index is 5.45. The molecule has 2 aromatic rings. The van der Waals surface area contributed by atoms with Gasteiger partial charge in [-0.25, -0.2) is 9.97 Å². The van der Waals surface area contributed by atoms with Gasteiger partial charge in [0.15, 0.2) is 0 Å². The van der Waals surface area contributed by atoms with Crippen LogP contribution in [0.4, 0.5) is 5.95 Å². The monoisotopic (exact) mass is 344 g/mol. The molecule has 0 atom stereocenters. The number of hydrogen-bond donors (Lipinski definition) is 0. The first-order valence-corrected chi connectivity index (χ1v) is 9.66. The minimum Gasteiger partial charge on any atom is -0.378 e. The smallest absolute Gasteiger partial charge is 0.225 e. The molecule has 0 N–H and O–H groups in total. The minimum absolute atomic E-state index is 0.772. The number of aryl methyl sites for hydroxylation is 1. The van der Waals surface area contributed by atoms with Gasteiger partial charge >= 0.3 is 0 Å². The lowest BCUT2D eigenvalue weighted by Gasteiger charge is -2.27. The number of ether oxygens (including phenoxy) is 1. The Morgan fingerprint density at radius 3 is 2.75 bits per heavy atom. The lowest BCUT2D eigenvalue weighted by molar-refractivity contribution is 0.122. The van der Waals surface area contributed by atoms with Crippen molar-refractivity contribution >= 4 is 17.3 Å². The maximum Gasteiger partial charge on any atom is 0.225 e. The van der Waals surface area contributed by atoms with E-state index in [1.165, 1.54) is 16.8 Å². The summed E-state index contributed by atoms with van der Waals surface area (Å²) in [5.41, 5.74) is 5.18. The number of fused-ring (bicyclic) bond motifs is 1. The van der Waals surface area contributed by atoms with Gasteiger partial charge in [-0.1, -0.05) is 0 Å². The van der Waals surface area contributed by atoms with E-state index in [0.29, 0.717) is 0 Å². The quantitative estimate of drug-likeness (QED) is 0.854. The van der Waals surface area contributed by atoms with Gasteiger partial charge in [-0.2, -0.15) is 11.3 Å². The zero-order chi connectivity index (χ0) is 16.4. The molecule has 24 heavy (non-hydrogen) atoms. The van der Waals surface area contributed by atoms with Crippen molar-refractivity contribution < 1.29 is 4.74 Å². The Kier molecular flexibility index (Phi) is 4.78. The van der Waals surface area contributed by atoms with E-state index in [0.717, 1.165) is 70.4 Å². The summed E-state index contributed by atoms with van der Waals surface area (Å²) >= 11 is 1.78. The second-order valence-electron chi connectivity index (χ2n) is 6.54. The summed E-state index contributed by atoms with van der Waals surface area (Å²) in [5, 5.41) is 4.41. The fourth-order valence-corrected chi connectivity index (χ4v) is 4.18. The first kappa shape index (κ1) is 16.0. The third kappa shape index (κ3) is 3.45. The number of aromatic nitrogens is 2. The summed E-state index contributed by atoms with van der Waals surface area (Å²) in [6, 6.07) is 2.23. The molecule has 128 valence electrons. The van der Waals surface area contributed by atoms with Crippen LogP contribution in [-0.2, 0) is 24.1 Å². The number of rotatable bonds is 3. The molecule has 4 heterocycles. The molecule has 0 unspecified atom stereocenters. The van der Waals surface area contributed by atoms with Crippen molar-refractivity contribution in [2.75, 3.05) is 44.3 Å². The molecule has 0 aromatic carbocycles. The molecular weight excluding hydrogens is 320 g/mol. The van der Waals surface area contributed by atoms with E-state index < -0.39 is 0 Å². The molecule has 1 fully saturated rings. The lowest BCUT2D eigenvalue weighted by atomic mass is 10.1. The standard InChI is InChI=1S/C18H24N4OS/c1-14-16-2-5-21(12-15-4-11-24-13-15)6-3-17(16)20-18(19-14)22-7-9-23-10-8-22/h4,11,13H,2-3,5-10,12H2,1H3. The van der Waals surface area contributed by atoms with E-state index in [2.05, 4.69) is 33.6 Å². The molecular formula is C18H24N4OS. The van der Waals surface area contributed by atoms with Crippen molar-refractivity contribution in [2.24, 2.45) is 0 Å². The van der Waals surface area contributed by atoms with Gasteiger partial charge < -0.3 is 9.64 Å². The highest BCUT2D eigenvalue weighted by Crippen LogP contribution is 2.22. The number of anilines is 1. The fourth-order valence-electron chi connectivity index (χ4n) is 3.52. The van der Waals surface area contributed by atoms with Crippen molar-refractivity contribution in [1.29, 1.82) is 0 Å². The van der Waals surface area contributed by atoms with Crippen LogP contribution in [0.5, 0.6) is 0 Å². The van der Waals surface area contributed by atoms with Crippen LogP contribution in [0.25, 0.3) is 0 Å². The van der Waals surface area contributed by atoms with Crippen molar-refractivity contribution in [2.45, 2.75) is 26.3 Å². The molecule has 0 radical (unpaired) electrons. The normalized spacial score (nSPS) is 19.1. The zero-order valence-electron chi connectivity index (χ0n) is 14.2. The molecule has 4 rings (SSSR count). The first-order valence-electron chi connectivity index (χ1n) is 8.72. The van der Waals surface area contributed by atoms with Crippen molar-refractivity contribution in [1.82, 2.24) is 14.9 Å². The van der Waals surface area contributed by atoms with Gasteiger partial charge in [0, 0.05) is 44.8 Å². The lowest BCUT2D eigenvalue weighted by Crippen LogP contribution is -2.37. The Labute approximate surface area is 147 Å². The second-order valence-corrected chi connectivity index (χ2v) is 7.32. The molecule has 0 amide bonds. The molecule has 0 aliphatic carbocycles. The zero-order valence-corrected chi connectivity index (χ0v) is 15.0. The SMILES string of the molecule is Cc1nc(N2CCOCC2)nc2c1CCN(Cc1ccsc1)CC2. The van der Waals surface area contributed by atoms with Crippen LogP contribution < -0.4 is 4.90 Å². The van der Waals surface area contributed by atoms with Crippen LogP contribution in [0, 0.1) is 6.92 Å². The summed E-state index contributed by atoms with van der Waals surface area (Å²) < 4.78 is 5.45. The average Bonchev–Trinajstić information content (AvgIpc) is 3.03. The predicted octanol–water partition coefficient (Wildman–Crippen LogP) is 2.28. The Morgan fingerprint density at radius 1 is 1.12 bits per heavy atom. The van der Waals surface area contributed by atoms with Gasteiger partial charge in [-0.05, 0) is 41.3 Å². The maximum absolute atomic E-state index is 5.45. The molecule has 1 saturated heterocycles. The summed E-state index contributed by atoms with van der Waals surface area (Å²) in [5.74, 6) is 0.890. The van der Waals surface area contributed by atoms with Gasteiger partial charge in [0.05, 0.1) is 18.9 Å². The average molecular weight is 344 g/mol. The summed E-state index contributed by atoms with van der Waals surface area (Å²) in [7, 11) is 0. The Bertz CT molecular complexity index is 683. The number of nitrogens with zero attached hydrogens (tertiary/aromatic N) is 4. The molecule has 2 aromatic heterocycles. The van der Waals surface area contributed by atoms with Crippen molar-refractivity contribution in [3.63, 3.8) is 0 Å². The molecule has 0 bridgehead atoms. The van der Waals surface area contributed by atoms with E-state index >= 15 is 0 Å². The van der Waals surface area contributed by atoms with Gasteiger partial charge in [-0.3, -0.25) is 4.90 Å². The molecule has 0 saturated carbocycles. The van der Waals surface area contributed by atoms with Crippen molar-refractivity contribution in [3.8, 4) is 0 Å². The topological polar surface area (TPSA) is 41.5 Å². The molecule has 5 nitrogen and oxygen atoms in total. The highest BCUT2D eigenvalue weighted by Gasteiger charge is 2.21. The van der Waals surface area contributed by atoms with Crippen LogP contribution in [-0.4, -0.2) is 54.3 Å². The number of hydrogen-bond acceptors (Lipinski definition) is 6. The van der Waals surface area contributed by atoms with E-state index in [-0.39, 0.29) is 0 Å². The molecule has 2 aliphatic heterocycles. The highest BCUT2D eigenvalue weighted by molar-refractivity contribution is 7.07. The van der Waals surface area contributed by atoms with Crippen LogP contribution in [0.3, 0.4) is 0 Å². The van der Waals surface area contributed by atoms with E-state index in [9.17, 15) is 0 Å². The largest absolute Gasteiger partial charge is 0.378 e. The Hall–Kier alpha value is -1.50.